The molecule has 116 valence electrons. The fraction of sp³-hybridized carbons (Fsp3) is 0.278. The van der Waals surface area contributed by atoms with Crippen LogP contribution < -0.4 is 14.8 Å². The van der Waals surface area contributed by atoms with Crippen LogP contribution in [0.3, 0.4) is 0 Å². The lowest BCUT2D eigenvalue weighted by Crippen LogP contribution is -2.43. The van der Waals surface area contributed by atoms with Gasteiger partial charge in [0.1, 0.15) is 17.2 Å². The Morgan fingerprint density at radius 1 is 0.909 bits per heavy atom. The Morgan fingerprint density at radius 2 is 1.45 bits per heavy atom. The number of nitrogens with one attached hydrogen (secondary N) is 1. The highest BCUT2D eigenvalue weighted by Crippen LogP contribution is 2.23. The number of carbonyl (C=O) groups is 1. The number of benzene rings is 2. The summed E-state index contributed by atoms with van der Waals surface area (Å²) in [6.45, 7) is 5.79. The largest absolute Gasteiger partial charge is 0.484 e. The summed E-state index contributed by atoms with van der Waals surface area (Å²) in [4.78, 5) is 11.7. The van der Waals surface area contributed by atoms with Crippen LogP contribution in [0.2, 0.25) is 0 Å². The van der Waals surface area contributed by atoms with Gasteiger partial charge in [0, 0.05) is 5.54 Å². The molecule has 2 aromatic carbocycles. The Kier molecular flexibility index (Phi) is 5.04. The molecular weight excluding hydrogens is 278 g/mol. The van der Waals surface area contributed by atoms with Crippen molar-refractivity contribution in [1.29, 1.82) is 0 Å². The van der Waals surface area contributed by atoms with Crippen LogP contribution in [0.25, 0.3) is 0 Å². The topological polar surface area (TPSA) is 47.6 Å². The maximum Gasteiger partial charge on any atom is 0.258 e. The molecule has 2 aromatic rings. The van der Waals surface area contributed by atoms with Gasteiger partial charge in [-0.05, 0) is 57.2 Å². The van der Waals surface area contributed by atoms with Crippen molar-refractivity contribution in [3.63, 3.8) is 0 Å². The number of ether oxygens (including phenoxy) is 2. The molecule has 1 N–H and O–H groups in total. The Balaban J connectivity index is 1.86. The van der Waals surface area contributed by atoms with Crippen LogP contribution in [0.1, 0.15) is 20.8 Å². The van der Waals surface area contributed by atoms with Gasteiger partial charge in [0.15, 0.2) is 6.61 Å². The van der Waals surface area contributed by atoms with Crippen LogP contribution in [-0.4, -0.2) is 18.1 Å². The Labute approximate surface area is 131 Å². The third kappa shape index (κ3) is 5.48. The SMILES string of the molecule is CC(C)(C)NC(=O)COc1ccc(Oc2ccccc2)cc1. The van der Waals surface area contributed by atoms with Crippen molar-refractivity contribution < 1.29 is 14.3 Å². The molecule has 22 heavy (non-hydrogen) atoms. The first-order valence-corrected chi connectivity index (χ1v) is 7.19. The van der Waals surface area contributed by atoms with E-state index in [0.717, 1.165) is 11.5 Å². The van der Waals surface area contributed by atoms with Crippen molar-refractivity contribution >= 4 is 5.91 Å². The van der Waals surface area contributed by atoms with Crippen molar-refractivity contribution in [1.82, 2.24) is 5.32 Å². The zero-order valence-electron chi connectivity index (χ0n) is 13.1. The quantitative estimate of drug-likeness (QED) is 0.914. The molecule has 0 fully saturated rings. The first kappa shape index (κ1) is 15.9. The summed E-state index contributed by atoms with van der Waals surface area (Å²) in [6, 6.07) is 16.7. The summed E-state index contributed by atoms with van der Waals surface area (Å²) in [7, 11) is 0. The third-order valence-electron chi connectivity index (χ3n) is 2.69. The Hall–Kier alpha value is -2.49. The molecule has 0 aliphatic rings. The van der Waals surface area contributed by atoms with Gasteiger partial charge >= 0.3 is 0 Å². The Bertz CT molecular complexity index is 600. The molecule has 1 amide bonds. The first-order chi connectivity index (χ1) is 10.4. The normalized spacial score (nSPS) is 10.9. The van der Waals surface area contributed by atoms with Gasteiger partial charge in [-0.1, -0.05) is 18.2 Å². The first-order valence-electron chi connectivity index (χ1n) is 7.19. The minimum absolute atomic E-state index is 0.00381. The molecule has 0 unspecified atom stereocenters. The minimum atomic E-state index is -0.256. The summed E-state index contributed by atoms with van der Waals surface area (Å²) < 4.78 is 11.1. The van der Waals surface area contributed by atoms with Crippen molar-refractivity contribution in [2.45, 2.75) is 26.3 Å². The number of rotatable bonds is 5. The van der Waals surface area contributed by atoms with Crippen molar-refractivity contribution in [2.75, 3.05) is 6.61 Å². The lowest BCUT2D eigenvalue weighted by Gasteiger charge is -2.20. The highest BCUT2D eigenvalue weighted by molar-refractivity contribution is 5.78. The molecule has 0 aliphatic heterocycles. The van der Waals surface area contributed by atoms with Gasteiger partial charge in [0.2, 0.25) is 0 Å². The van der Waals surface area contributed by atoms with Crippen molar-refractivity contribution in [3.8, 4) is 17.2 Å². The Morgan fingerprint density at radius 3 is 2.05 bits per heavy atom. The van der Waals surface area contributed by atoms with Crippen molar-refractivity contribution in [3.05, 3.63) is 54.6 Å². The molecule has 0 saturated carbocycles. The highest BCUT2D eigenvalue weighted by atomic mass is 16.5. The lowest BCUT2D eigenvalue weighted by atomic mass is 10.1. The van der Waals surface area contributed by atoms with Gasteiger partial charge in [0.05, 0.1) is 0 Å². The molecular formula is C18H21NO3. The average molecular weight is 299 g/mol. The van der Waals surface area contributed by atoms with Gasteiger partial charge in [-0.25, -0.2) is 0 Å². The highest BCUT2D eigenvalue weighted by Gasteiger charge is 2.13. The van der Waals surface area contributed by atoms with E-state index in [4.69, 9.17) is 9.47 Å². The van der Waals surface area contributed by atoms with E-state index in [9.17, 15) is 4.79 Å². The molecule has 0 spiro atoms. The van der Waals surface area contributed by atoms with Crippen LogP contribution in [-0.2, 0) is 4.79 Å². The molecule has 4 heteroatoms. The van der Waals surface area contributed by atoms with E-state index in [0.29, 0.717) is 5.75 Å². The smallest absolute Gasteiger partial charge is 0.258 e. The lowest BCUT2D eigenvalue weighted by molar-refractivity contribution is -0.124. The van der Waals surface area contributed by atoms with Crippen LogP contribution in [0.5, 0.6) is 17.2 Å². The molecule has 0 heterocycles. The molecule has 0 saturated heterocycles. The van der Waals surface area contributed by atoms with E-state index >= 15 is 0 Å². The van der Waals surface area contributed by atoms with Crippen molar-refractivity contribution in [2.24, 2.45) is 0 Å². The molecule has 2 rings (SSSR count). The number of hydrogen-bond acceptors (Lipinski definition) is 3. The van der Waals surface area contributed by atoms with Gasteiger partial charge in [-0.2, -0.15) is 0 Å². The standard InChI is InChI=1S/C18H21NO3/c1-18(2,3)19-17(20)13-21-14-9-11-16(12-10-14)22-15-7-5-4-6-8-15/h4-12H,13H2,1-3H3,(H,19,20). The molecule has 0 bridgehead atoms. The van der Waals surface area contributed by atoms with Gasteiger partial charge in [-0.3, -0.25) is 4.79 Å². The van der Waals surface area contributed by atoms with E-state index in [-0.39, 0.29) is 18.1 Å². The second-order valence-corrected chi connectivity index (χ2v) is 5.97. The predicted molar refractivity (Wildman–Crippen MR) is 86.3 cm³/mol. The molecule has 0 radical (unpaired) electrons. The van der Waals surface area contributed by atoms with Gasteiger partial charge in [0.25, 0.3) is 5.91 Å². The fourth-order valence-electron chi connectivity index (χ4n) is 1.83. The summed E-state index contributed by atoms with van der Waals surface area (Å²) in [5, 5.41) is 2.84. The van der Waals surface area contributed by atoms with Gasteiger partial charge in [-0.15, -0.1) is 0 Å². The summed E-state index contributed by atoms with van der Waals surface area (Å²) >= 11 is 0. The van der Waals surface area contributed by atoms with E-state index < -0.39 is 0 Å². The maximum atomic E-state index is 11.7. The van der Waals surface area contributed by atoms with E-state index in [1.54, 1.807) is 12.1 Å². The third-order valence-corrected chi connectivity index (χ3v) is 2.69. The van der Waals surface area contributed by atoms with E-state index in [1.165, 1.54) is 0 Å². The van der Waals surface area contributed by atoms with Crippen LogP contribution in [0.15, 0.2) is 54.6 Å². The summed E-state index contributed by atoms with van der Waals surface area (Å²) in [6.07, 6.45) is 0. The van der Waals surface area contributed by atoms with Crippen LogP contribution >= 0.6 is 0 Å². The second kappa shape index (κ2) is 6.98. The second-order valence-electron chi connectivity index (χ2n) is 5.97. The van der Waals surface area contributed by atoms with Gasteiger partial charge < -0.3 is 14.8 Å². The predicted octanol–water partition coefficient (Wildman–Crippen LogP) is 3.77. The number of carbonyl (C=O) groups excluding carboxylic acids is 1. The van der Waals surface area contributed by atoms with Crippen LogP contribution in [0.4, 0.5) is 0 Å². The molecule has 4 nitrogen and oxygen atoms in total. The van der Waals surface area contributed by atoms with E-state index in [1.807, 2.05) is 63.2 Å². The zero-order valence-corrected chi connectivity index (χ0v) is 13.1. The number of para-hydroxylation sites is 1. The molecule has 0 aromatic heterocycles. The average Bonchev–Trinajstić information content (AvgIpc) is 2.46. The minimum Gasteiger partial charge on any atom is -0.484 e. The fourth-order valence-corrected chi connectivity index (χ4v) is 1.83. The molecule has 0 aliphatic carbocycles. The molecule has 0 atom stereocenters. The number of hydrogen-bond donors (Lipinski definition) is 1. The summed E-state index contributed by atoms with van der Waals surface area (Å²) in [5.41, 5.74) is -0.256. The van der Waals surface area contributed by atoms with E-state index in [2.05, 4.69) is 5.32 Å². The maximum absolute atomic E-state index is 11.7. The summed E-state index contributed by atoms with van der Waals surface area (Å²) in [5.74, 6) is 1.99. The monoisotopic (exact) mass is 299 g/mol. The zero-order chi connectivity index (χ0) is 16.0. The van der Waals surface area contributed by atoms with Crippen LogP contribution in [0, 0.1) is 0 Å². The number of amides is 1.